The second-order valence-electron chi connectivity index (χ2n) is 4.83. The van der Waals surface area contributed by atoms with E-state index in [1.165, 1.54) is 5.56 Å². The lowest BCUT2D eigenvalue weighted by molar-refractivity contribution is -0.119. The predicted molar refractivity (Wildman–Crippen MR) is 82.8 cm³/mol. The topological polar surface area (TPSA) is 29.1 Å². The molecule has 0 heterocycles. The van der Waals surface area contributed by atoms with Crippen LogP contribution in [-0.4, -0.2) is 5.91 Å². The molecule has 2 aromatic rings. The van der Waals surface area contributed by atoms with E-state index in [0.29, 0.717) is 0 Å². The van der Waals surface area contributed by atoms with Gasteiger partial charge in [0.2, 0.25) is 5.91 Å². The van der Waals surface area contributed by atoms with Gasteiger partial charge in [-0.1, -0.05) is 54.1 Å². The van der Waals surface area contributed by atoms with Gasteiger partial charge in [0, 0.05) is 11.9 Å². The molecule has 0 aliphatic carbocycles. The smallest absolute Gasteiger partial charge is 0.217 e. The zero-order valence-corrected chi connectivity index (χ0v) is 12.2. The summed E-state index contributed by atoms with van der Waals surface area (Å²) in [5.41, 5.74) is 2.36. The SMILES string of the molecule is CC(=O)NC(CCc1ccc(Cl)cc1)c1ccccc1. The second kappa shape index (κ2) is 7.11. The summed E-state index contributed by atoms with van der Waals surface area (Å²) in [7, 11) is 0. The van der Waals surface area contributed by atoms with Crippen LogP contribution in [0, 0.1) is 0 Å². The lowest BCUT2D eigenvalue weighted by atomic mass is 9.99. The number of halogens is 1. The van der Waals surface area contributed by atoms with E-state index in [9.17, 15) is 4.79 Å². The number of nitrogens with one attached hydrogen (secondary N) is 1. The molecule has 2 rings (SSSR count). The molecule has 20 heavy (non-hydrogen) atoms. The Morgan fingerprint density at radius 3 is 2.35 bits per heavy atom. The van der Waals surface area contributed by atoms with E-state index in [4.69, 9.17) is 11.6 Å². The summed E-state index contributed by atoms with van der Waals surface area (Å²) in [5, 5.41) is 3.76. The first-order chi connectivity index (χ1) is 9.65. The maximum absolute atomic E-state index is 11.4. The number of hydrogen-bond acceptors (Lipinski definition) is 1. The highest BCUT2D eigenvalue weighted by atomic mass is 35.5. The summed E-state index contributed by atoms with van der Waals surface area (Å²) in [6.07, 6.45) is 1.77. The molecule has 3 heteroatoms. The Kier molecular flexibility index (Phi) is 5.19. The van der Waals surface area contributed by atoms with Gasteiger partial charge in [-0.05, 0) is 36.1 Å². The van der Waals surface area contributed by atoms with Crippen LogP contribution in [0.15, 0.2) is 54.6 Å². The summed E-state index contributed by atoms with van der Waals surface area (Å²) < 4.78 is 0. The third-order valence-electron chi connectivity index (χ3n) is 3.21. The fourth-order valence-electron chi connectivity index (χ4n) is 2.21. The fourth-order valence-corrected chi connectivity index (χ4v) is 2.34. The summed E-state index contributed by atoms with van der Waals surface area (Å²) in [6.45, 7) is 1.55. The van der Waals surface area contributed by atoms with Gasteiger partial charge >= 0.3 is 0 Å². The minimum absolute atomic E-state index is 0.00467. The van der Waals surface area contributed by atoms with Gasteiger partial charge in [-0.15, -0.1) is 0 Å². The molecule has 0 bridgehead atoms. The van der Waals surface area contributed by atoms with Crippen LogP contribution < -0.4 is 5.32 Å². The number of rotatable bonds is 5. The largest absolute Gasteiger partial charge is 0.350 e. The van der Waals surface area contributed by atoms with Gasteiger partial charge in [0.15, 0.2) is 0 Å². The van der Waals surface area contributed by atoms with Gasteiger partial charge < -0.3 is 5.32 Å². The zero-order valence-electron chi connectivity index (χ0n) is 11.5. The van der Waals surface area contributed by atoms with Crippen molar-refractivity contribution in [2.24, 2.45) is 0 Å². The zero-order chi connectivity index (χ0) is 14.4. The molecule has 0 aliphatic rings. The Labute approximate surface area is 124 Å². The van der Waals surface area contributed by atoms with Crippen LogP contribution in [0.5, 0.6) is 0 Å². The van der Waals surface area contributed by atoms with Crippen molar-refractivity contribution in [3.8, 4) is 0 Å². The minimum atomic E-state index is -0.00467. The Morgan fingerprint density at radius 1 is 1.10 bits per heavy atom. The lowest BCUT2D eigenvalue weighted by Crippen LogP contribution is -2.26. The van der Waals surface area contributed by atoms with E-state index in [-0.39, 0.29) is 11.9 Å². The standard InChI is InChI=1S/C17H18ClNO/c1-13(20)19-17(15-5-3-2-4-6-15)12-9-14-7-10-16(18)11-8-14/h2-8,10-11,17H,9,12H2,1H3,(H,19,20). The summed E-state index contributed by atoms with van der Waals surface area (Å²) in [5.74, 6) is -0.00467. The van der Waals surface area contributed by atoms with E-state index < -0.39 is 0 Å². The summed E-state index contributed by atoms with van der Waals surface area (Å²) in [4.78, 5) is 11.4. The second-order valence-corrected chi connectivity index (χ2v) is 5.27. The quantitative estimate of drug-likeness (QED) is 0.879. The molecule has 0 radical (unpaired) electrons. The van der Waals surface area contributed by atoms with Gasteiger partial charge in [-0.2, -0.15) is 0 Å². The van der Waals surface area contributed by atoms with Crippen LogP contribution in [0.4, 0.5) is 0 Å². The number of carbonyl (C=O) groups excluding carboxylic acids is 1. The van der Waals surface area contributed by atoms with Crippen molar-refractivity contribution in [2.75, 3.05) is 0 Å². The van der Waals surface area contributed by atoms with E-state index >= 15 is 0 Å². The molecule has 1 amide bonds. The minimum Gasteiger partial charge on any atom is -0.350 e. The van der Waals surface area contributed by atoms with Crippen LogP contribution in [-0.2, 0) is 11.2 Å². The molecule has 0 fully saturated rings. The van der Waals surface area contributed by atoms with Crippen molar-refractivity contribution >= 4 is 17.5 Å². The Balaban J connectivity index is 2.04. The molecule has 0 spiro atoms. The molecule has 0 saturated carbocycles. The van der Waals surface area contributed by atoms with Crippen molar-refractivity contribution in [1.29, 1.82) is 0 Å². The first kappa shape index (κ1) is 14.6. The van der Waals surface area contributed by atoms with Gasteiger partial charge in [0.1, 0.15) is 0 Å². The van der Waals surface area contributed by atoms with E-state index in [1.54, 1.807) is 6.92 Å². The molecular weight excluding hydrogens is 270 g/mol. The van der Waals surface area contributed by atoms with Crippen molar-refractivity contribution in [2.45, 2.75) is 25.8 Å². The first-order valence-corrected chi connectivity index (χ1v) is 7.09. The van der Waals surface area contributed by atoms with E-state index in [0.717, 1.165) is 23.4 Å². The van der Waals surface area contributed by atoms with Crippen molar-refractivity contribution in [3.05, 3.63) is 70.7 Å². The van der Waals surface area contributed by atoms with E-state index in [1.807, 2.05) is 54.6 Å². The van der Waals surface area contributed by atoms with Gasteiger partial charge in [0.05, 0.1) is 6.04 Å². The molecule has 0 saturated heterocycles. The highest BCUT2D eigenvalue weighted by Crippen LogP contribution is 2.20. The first-order valence-electron chi connectivity index (χ1n) is 6.71. The normalized spacial score (nSPS) is 11.9. The monoisotopic (exact) mass is 287 g/mol. The number of carbonyl (C=O) groups is 1. The molecule has 104 valence electrons. The van der Waals surface area contributed by atoms with Crippen LogP contribution >= 0.6 is 11.6 Å². The maximum Gasteiger partial charge on any atom is 0.217 e. The Morgan fingerprint density at radius 2 is 1.75 bits per heavy atom. The Bertz CT molecular complexity index is 551. The van der Waals surface area contributed by atoms with E-state index in [2.05, 4.69) is 5.32 Å². The number of benzene rings is 2. The molecule has 2 nitrogen and oxygen atoms in total. The predicted octanol–water partition coefficient (Wildman–Crippen LogP) is 4.15. The van der Waals surface area contributed by atoms with Gasteiger partial charge in [-0.3, -0.25) is 4.79 Å². The van der Waals surface area contributed by atoms with Crippen molar-refractivity contribution in [1.82, 2.24) is 5.32 Å². The molecule has 2 aromatic carbocycles. The average molecular weight is 288 g/mol. The highest BCUT2D eigenvalue weighted by Gasteiger charge is 2.12. The third-order valence-corrected chi connectivity index (χ3v) is 3.47. The van der Waals surface area contributed by atoms with Crippen molar-refractivity contribution in [3.63, 3.8) is 0 Å². The number of amides is 1. The van der Waals surface area contributed by atoms with Crippen LogP contribution in [0.25, 0.3) is 0 Å². The number of hydrogen-bond donors (Lipinski definition) is 1. The van der Waals surface area contributed by atoms with Crippen LogP contribution in [0.1, 0.15) is 30.5 Å². The molecule has 0 aliphatic heterocycles. The fraction of sp³-hybridized carbons (Fsp3) is 0.235. The van der Waals surface area contributed by atoms with Gasteiger partial charge in [0.25, 0.3) is 0 Å². The molecule has 1 N–H and O–H groups in total. The summed E-state index contributed by atoms with van der Waals surface area (Å²) in [6, 6.07) is 17.9. The van der Waals surface area contributed by atoms with Gasteiger partial charge in [-0.25, -0.2) is 0 Å². The molecule has 1 unspecified atom stereocenters. The Hall–Kier alpha value is -1.80. The maximum atomic E-state index is 11.4. The molecule has 0 aromatic heterocycles. The van der Waals surface area contributed by atoms with Crippen molar-refractivity contribution < 1.29 is 4.79 Å². The molecular formula is C17H18ClNO. The molecule has 1 atom stereocenters. The average Bonchev–Trinajstić information content (AvgIpc) is 2.46. The number of aryl methyl sites for hydroxylation is 1. The van der Waals surface area contributed by atoms with Crippen LogP contribution in [0.2, 0.25) is 5.02 Å². The highest BCUT2D eigenvalue weighted by molar-refractivity contribution is 6.30. The lowest BCUT2D eigenvalue weighted by Gasteiger charge is -2.18. The third kappa shape index (κ3) is 4.39. The van der Waals surface area contributed by atoms with Crippen LogP contribution in [0.3, 0.4) is 0 Å². The summed E-state index contributed by atoms with van der Waals surface area (Å²) >= 11 is 5.88.